The van der Waals surface area contributed by atoms with Gasteiger partial charge in [0, 0.05) is 5.56 Å². The molecule has 22 heavy (non-hydrogen) atoms. The summed E-state index contributed by atoms with van der Waals surface area (Å²) in [5.41, 5.74) is 2.35. The molecule has 0 spiro atoms. The van der Waals surface area contributed by atoms with Crippen molar-refractivity contribution in [1.29, 1.82) is 0 Å². The van der Waals surface area contributed by atoms with Gasteiger partial charge in [0.25, 0.3) is 0 Å². The van der Waals surface area contributed by atoms with E-state index in [4.69, 9.17) is 0 Å². The molecule has 0 aliphatic heterocycles. The lowest BCUT2D eigenvalue weighted by Crippen LogP contribution is -2.15. The fourth-order valence-corrected chi connectivity index (χ4v) is 3.83. The number of phenolic OH excluding ortho intramolecular Hbond substituents is 1. The molecular formula is C18H26O4. The Morgan fingerprint density at radius 1 is 1.05 bits per heavy atom. The van der Waals surface area contributed by atoms with E-state index in [0.29, 0.717) is 12.8 Å². The summed E-state index contributed by atoms with van der Waals surface area (Å²) in [6.45, 7) is 4.00. The summed E-state index contributed by atoms with van der Waals surface area (Å²) in [6.07, 6.45) is 7.47. The van der Waals surface area contributed by atoms with Gasteiger partial charge in [0.1, 0.15) is 5.56 Å². The minimum atomic E-state index is -1.15. The van der Waals surface area contributed by atoms with Crippen molar-refractivity contribution >= 4 is 5.97 Å². The second kappa shape index (κ2) is 7.03. The maximum atomic E-state index is 11.7. The fourth-order valence-electron chi connectivity index (χ4n) is 3.83. The van der Waals surface area contributed by atoms with Crippen LogP contribution in [-0.2, 0) is 12.8 Å². The Bertz CT molecular complexity index is 557. The molecule has 1 aromatic carbocycles. The van der Waals surface area contributed by atoms with E-state index in [1.807, 2.05) is 13.8 Å². The number of aromatic carboxylic acids is 1. The molecule has 0 unspecified atom stereocenters. The summed E-state index contributed by atoms with van der Waals surface area (Å²) in [5, 5.41) is 30.1. The van der Waals surface area contributed by atoms with E-state index in [1.54, 1.807) is 0 Å². The molecular weight excluding hydrogens is 280 g/mol. The number of hydrogen-bond acceptors (Lipinski definition) is 3. The second-order valence-corrected chi connectivity index (χ2v) is 6.19. The molecule has 4 heteroatoms. The quantitative estimate of drug-likeness (QED) is 0.706. The monoisotopic (exact) mass is 306 g/mol. The summed E-state index contributed by atoms with van der Waals surface area (Å²) in [5.74, 6) is -1.66. The molecule has 4 nitrogen and oxygen atoms in total. The number of aromatic hydroxyl groups is 2. The Labute approximate surface area is 131 Å². The van der Waals surface area contributed by atoms with Crippen LogP contribution in [0.1, 0.15) is 85.3 Å². The summed E-state index contributed by atoms with van der Waals surface area (Å²) >= 11 is 0. The van der Waals surface area contributed by atoms with Crippen molar-refractivity contribution in [2.75, 3.05) is 0 Å². The molecule has 0 radical (unpaired) electrons. The highest BCUT2D eigenvalue weighted by molar-refractivity contribution is 5.95. The first-order valence-corrected chi connectivity index (χ1v) is 8.35. The van der Waals surface area contributed by atoms with Crippen LogP contribution in [0.5, 0.6) is 11.5 Å². The number of rotatable bonds is 5. The largest absolute Gasteiger partial charge is 0.504 e. The van der Waals surface area contributed by atoms with E-state index < -0.39 is 11.7 Å². The fraction of sp³-hybridized carbons (Fsp3) is 0.611. The minimum absolute atomic E-state index is 0.0823. The van der Waals surface area contributed by atoms with Crippen LogP contribution in [0, 0.1) is 0 Å². The van der Waals surface area contributed by atoms with Crippen LogP contribution in [0.3, 0.4) is 0 Å². The van der Waals surface area contributed by atoms with Crippen molar-refractivity contribution in [2.45, 2.75) is 71.1 Å². The van der Waals surface area contributed by atoms with E-state index in [9.17, 15) is 20.1 Å². The third kappa shape index (κ3) is 2.92. The Hall–Kier alpha value is -1.71. The van der Waals surface area contributed by atoms with Crippen LogP contribution in [0.15, 0.2) is 0 Å². The average Bonchev–Trinajstić information content (AvgIpc) is 2.52. The van der Waals surface area contributed by atoms with E-state index in [2.05, 4.69) is 0 Å². The molecule has 0 amide bonds. The van der Waals surface area contributed by atoms with Crippen molar-refractivity contribution in [2.24, 2.45) is 0 Å². The molecule has 1 fully saturated rings. The van der Waals surface area contributed by atoms with E-state index >= 15 is 0 Å². The van der Waals surface area contributed by atoms with Gasteiger partial charge in [0.2, 0.25) is 0 Å². The first-order valence-electron chi connectivity index (χ1n) is 8.35. The predicted octanol–water partition coefficient (Wildman–Crippen LogP) is 4.36. The third-order valence-electron chi connectivity index (χ3n) is 4.79. The Morgan fingerprint density at radius 2 is 1.68 bits per heavy atom. The predicted molar refractivity (Wildman–Crippen MR) is 85.9 cm³/mol. The zero-order chi connectivity index (χ0) is 16.3. The van der Waals surface area contributed by atoms with Crippen LogP contribution in [0.25, 0.3) is 0 Å². The lowest BCUT2D eigenvalue weighted by atomic mass is 9.77. The molecule has 1 aromatic rings. The number of benzene rings is 1. The molecule has 1 aliphatic rings. The SMILES string of the molecule is CCCc1c(O)c(O)c(C(=O)O)c(C2CCCCC2)c1CC. The number of carbonyl (C=O) groups is 1. The third-order valence-corrected chi connectivity index (χ3v) is 4.79. The maximum Gasteiger partial charge on any atom is 0.339 e. The van der Waals surface area contributed by atoms with Crippen LogP contribution in [0.2, 0.25) is 0 Å². The van der Waals surface area contributed by atoms with Crippen molar-refractivity contribution in [3.63, 3.8) is 0 Å². The van der Waals surface area contributed by atoms with Crippen molar-refractivity contribution in [3.8, 4) is 11.5 Å². The molecule has 122 valence electrons. The Kier molecular flexibility index (Phi) is 5.33. The van der Waals surface area contributed by atoms with Crippen molar-refractivity contribution < 1.29 is 20.1 Å². The molecule has 3 N–H and O–H groups in total. The lowest BCUT2D eigenvalue weighted by Gasteiger charge is -2.28. The molecule has 2 rings (SSSR count). The summed E-state index contributed by atoms with van der Waals surface area (Å²) in [6, 6.07) is 0. The van der Waals surface area contributed by atoms with Crippen LogP contribution in [-0.4, -0.2) is 21.3 Å². The van der Waals surface area contributed by atoms with Crippen LogP contribution >= 0.6 is 0 Å². The highest BCUT2D eigenvalue weighted by Crippen LogP contribution is 2.45. The molecule has 0 bridgehead atoms. The lowest BCUT2D eigenvalue weighted by molar-refractivity contribution is 0.0690. The molecule has 0 saturated heterocycles. The zero-order valence-electron chi connectivity index (χ0n) is 13.5. The molecule has 0 aromatic heterocycles. The Balaban J connectivity index is 2.72. The number of carboxylic acid groups (broad SMARTS) is 1. The van der Waals surface area contributed by atoms with Crippen LogP contribution < -0.4 is 0 Å². The summed E-state index contributed by atoms with van der Waals surface area (Å²) in [7, 11) is 0. The average molecular weight is 306 g/mol. The van der Waals surface area contributed by atoms with E-state index in [1.165, 1.54) is 6.42 Å². The minimum Gasteiger partial charge on any atom is -0.504 e. The number of hydrogen-bond donors (Lipinski definition) is 3. The topological polar surface area (TPSA) is 77.8 Å². The number of carboxylic acids is 1. The van der Waals surface area contributed by atoms with Gasteiger partial charge in [-0.05, 0) is 42.7 Å². The van der Waals surface area contributed by atoms with Crippen molar-refractivity contribution in [3.05, 3.63) is 22.3 Å². The van der Waals surface area contributed by atoms with E-state index in [0.717, 1.165) is 48.8 Å². The molecule has 1 aliphatic carbocycles. The van der Waals surface area contributed by atoms with Gasteiger partial charge in [-0.25, -0.2) is 4.79 Å². The standard InChI is InChI=1S/C18H26O4/c1-3-8-13-12(4-2)14(11-9-6-5-7-10-11)15(18(21)22)17(20)16(13)19/h11,19-20H,3-10H2,1-2H3,(H,21,22). The van der Waals surface area contributed by atoms with Crippen molar-refractivity contribution in [1.82, 2.24) is 0 Å². The van der Waals surface area contributed by atoms with Gasteiger partial charge in [-0.3, -0.25) is 0 Å². The molecule has 0 atom stereocenters. The Morgan fingerprint density at radius 3 is 2.18 bits per heavy atom. The van der Waals surface area contributed by atoms with Gasteiger partial charge < -0.3 is 15.3 Å². The zero-order valence-corrected chi connectivity index (χ0v) is 13.5. The van der Waals surface area contributed by atoms with Gasteiger partial charge in [0.15, 0.2) is 11.5 Å². The maximum absolute atomic E-state index is 11.7. The molecule has 1 saturated carbocycles. The summed E-state index contributed by atoms with van der Waals surface area (Å²) in [4.78, 5) is 11.7. The summed E-state index contributed by atoms with van der Waals surface area (Å²) < 4.78 is 0. The smallest absolute Gasteiger partial charge is 0.339 e. The molecule has 0 heterocycles. The van der Waals surface area contributed by atoms with Gasteiger partial charge in [-0.15, -0.1) is 0 Å². The van der Waals surface area contributed by atoms with Gasteiger partial charge in [-0.1, -0.05) is 39.5 Å². The second-order valence-electron chi connectivity index (χ2n) is 6.19. The van der Waals surface area contributed by atoms with Gasteiger partial charge in [0.05, 0.1) is 0 Å². The number of phenols is 2. The first kappa shape index (κ1) is 16.7. The van der Waals surface area contributed by atoms with Gasteiger partial charge >= 0.3 is 5.97 Å². The highest BCUT2D eigenvalue weighted by atomic mass is 16.4. The normalized spacial score (nSPS) is 15.9. The highest BCUT2D eigenvalue weighted by Gasteiger charge is 2.31. The first-order chi connectivity index (χ1) is 10.5. The van der Waals surface area contributed by atoms with Crippen LogP contribution in [0.4, 0.5) is 0 Å². The van der Waals surface area contributed by atoms with Gasteiger partial charge in [-0.2, -0.15) is 0 Å². The van der Waals surface area contributed by atoms with E-state index in [-0.39, 0.29) is 17.2 Å².